The van der Waals surface area contributed by atoms with Crippen LogP contribution in [0.5, 0.6) is 5.75 Å². The van der Waals surface area contributed by atoms with Crippen molar-refractivity contribution in [3.63, 3.8) is 0 Å². The summed E-state index contributed by atoms with van der Waals surface area (Å²) in [4.78, 5) is 14.7. The first-order valence-electron chi connectivity index (χ1n) is 8.79. The molecule has 1 aliphatic carbocycles. The summed E-state index contributed by atoms with van der Waals surface area (Å²) in [5.74, 6) is 2.20. The van der Waals surface area contributed by atoms with Crippen molar-refractivity contribution >= 4 is 17.2 Å². The number of benzene rings is 1. The molecule has 4 rings (SSSR count). The van der Waals surface area contributed by atoms with Crippen LogP contribution in [0.4, 0.5) is 0 Å². The van der Waals surface area contributed by atoms with Crippen molar-refractivity contribution in [2.45, 2.75) is 45.8 Å². The van der Waals surface area contributed by atoms with Crippen molar-refractivity contribution < 1.29 is 9.53 Å². The number of thiophene rings is 1. The first kappa shape index (κ1) is 15.7. The van der Waals surface area contributed by atoms with Crippen molar-refractivity contribution in [2.75, 3.05) is 0 Å². The summed E-state index contributed by atoms with van der Waals surface area (Å²) in [6.07, 6.45) is 3.57. The molecule has 0 bridgehead atoms. The zero-order valence-corrected chi connectivity index (χ0v) is 15.0. The molecular formula is C20H23NO2S. The first-order chi connectivity index (χ1) is 11.6. The van der Waals surface area contributed by atoms with Gasteiger partial charge in [-0.1, -0.05) is 38.8 Å². The number of para-hydroxylation sites is 1. The van der Waals surface area contributed by atoms with Gasteiger partial charge < -0.3 is 10.1 Å². The van der Waals surface area contributed by atoms with Gasteiger partial charge in [0.2, 0.25) is 0 Å². The molecule has 0 radical (unpaired) electrons. The summed E-state index contributed by atoms with van der Waals surface area (Å²) < 4.78 is 5.80. The van der Waals surface area contributed by atoms with Gasteiger partial charge in [0.15, 0.2) is 0 Å². The average molecular weight is 341 g/mol. The molecule has 126 valence electrons. The predicted molar refractivity (Wildman–Crippen MR) is 97.5 cm³/mol. The maximum absolute atomic E-state index is 12.8. The minimum absolute atomic E-state index is 0.0674. The van der Waals surface area contributed by atoms with E-state index < -0.39 is 0 Å². The third kappa shape index (κ3) is 2.73. The van der Waals surface area contributed by atoms with E-state index >= 15 is 0 Å². The minimum Gasteiger partial charge on any atom is -0.488 e. The number of carbonyl (C=O) groups excluding carboxylic acids is 1. The second-order valence-electron chi connectivity index (χ2n) is 7.10. The van der Waals surface area contributed by atoms with Gasteiger partial charge in [0.1, 0.15) is 12.4 Å². The maximum atomic E-state index is 12.8. The molecule has 0 unspecified atom stereocenters. The molecule has 1 aromatic heterocycles. The second kappa shape index (κ2) is 6.25. The molecule has 2 aliphatic rings. The molecule has 0 spiro atoms. The van der Waals surface area contributed by atoms with Crippen LogP contribution < -0.4 is 10.1 Å². The molecule has 0 saturated heterocycles. The van der Waals surface area contributed by atoms with Crippen molar-refractivity contribution in [3.8, 4) is 16.2 Å². The van der Waals surface area contributed by atoms with Gasteiger partial charge in [-0.15, -0.1) is 11.3 Å². The Morgan fingerprint density at radius 3 is 2.96 bits per heavy atom. The van der Waals surface area contributed by atoms with E-state index in [2.05, 4.69) is 25.2 Å². The number of fused-ring (bicyclic) bond motifs is 3. The molecule has 1 aromatic carbocycles. The average Bonchev–Trinajstić information content (AvgIpc) is 3.04. The summed E-state index contributed by atoms with van der Waals surface area (Å²) in [7, 11) is 0. The molecule has 1 amide bonds. The maximum Gasteiger partial charge on any atom is 0.261 e. The number of hydrogen-bond acceptors (Lipinski definition) is 3. The standard InChI is InChI=1S/C20H23NO2S/c1-12-6-5-8-16(13(12)2)21-20(22)18-10-14-11-23-17-9-4-3-7-15(17)19(14)24-18/h3-4,7,9-10,12-13,16H,5-6,8,11H2,1-2H3,(H,21,22)/t12-,13-,16-/m1/s1. The number of amides is 1. The van der Waals surface area contributed by atoms with Crippen LogP contribution in [0, 0.1) is 11.8 Å². The Morgan fingerprint density at radius 1 is 1.25 bits per heavy atom. The summed E-state index contributed by atoms with van der Waals surface area (Å²) in [6, 6.07) is 10.4. The Balaban J connectivity index is 1.56. The third-order valence-electron chi connectivity index (χ3n) is 5.57. The lowest BCUT2D eigenvalue weighted by molar-refractivity contribution is 0.0895. The van der Waals surface area contributed by atoms with Crippen LogP contribution in [0.3, 0.4) is 0 Å². The lowest BCUT2D eigenvalue weighted by Crippen LogP contribution is -2.43. The van der Waals surface area contributed by atoms with Crippen molar-refractivity contribution in [2.24, 2.45) is 11.8 Å². The highest BCUT2D eigenvalue weighted by Crippen LogP contribution is 2.42. The van der Waals surface area contributed by atoms with Crippen molar-refractivity contribution in [3.05, 3.63) is 40.8 Å². The van der Waals surface area contributed by atoms with E-state index in [1.54, 1.807) is 11.3 Å². The monoisotopic (exact) mass is 341 g/mol. The smallest absolute Gasteiger partial charge is 0.261 e. The third-order valence-corrected chi connectivity index (χ3v) is 6.78. The number of carbonyl (C=O) groups is 1. The molecule has 24 heavy (non-hydrogen) atoms. The van der Waals surface area contributed by atoms with E-state index in [-0.39, 0.29) is 5.91 Å². The molecule has 1 fully saturated rings. The largest absolute Gasteiger partial charge is 0.488 e. The molecule has 1 aliphatic heterocycles. The molecular weight excluding hydrogens is 318 g/mol. The molecule has 3 atom stereocenters. The van der Waals surface area contributed by atoms with Gasteiger partial charge in [-0.25, -0.2) is 0 Å². The van der Waals surface area contributed by atoms with Gasteiger partial charge in [-0.3, -0.25) is 4.79 Å². The Kier molecular flexibility index (Phi) is 4.09. The highest BCUT2D eigenvalue weighted by atomic mass is 32.1. The predicted octanol–water partition coefficient (Wildman–Crippen LogP) is 4.86. The molecule has 2 heterocycles. The number of hydrogen-bond donors (Lipinski definition) is 1. The van der Waals surface area contributed by atoms with E-state index in [0.29, 0.717) is 24.5 Å². The van der Waals surface area contributed by atoms with Crippen LogP contribution in [0.15, 0.2) is 30.3 Å². The minimum atomic E-state index is 0.0674. The number of ether oxygens (including phenoxy) is 1. The van der Waals surface area contributed by atoms with Crippen LogP contribution in [-0.4, -0.2) is 11.9 Å². The number of nitrogens with one attached hydrogen (secondary N) is 1. The van der Waals surface area contributed by atoms with Crippen LogP contribution in [0.1, 0.15) is 48.3 Å². The summed E-state index contributed by atoms with van der Waals surface area (Å²) >= 11 is 1.58. The van der Waals surface area contributed by atoms with Crippen LogP contribution in [-0.2, 0) is 6.61 Å². The van der Waals surface area contributed by atoms with E-state index in [1.165, 1.54) is 17.7 Å². The van der Waals surface area contributed by atoms with Gasteiger partial charge in [-0.05, 0) is 36.5 Å². The van der Waals surface area contributed by atoms with Crippen molar-refractivity contribution in [1.82, 2.24) is 5.32 Å². The van der Waals surface area contributed by atoms with Gasteiger partial charge in [-0.2, -0.15) is 0 Å². The highest BCUT2D eigenvalue weighted by Gasteiger charge is 2.29. The van der Waals surface area contributed by atoms with Gasteiger partial charge in [0.25, 0.3) is 5.91 Å². The lowest BCUT2D eigenvalue weighted by Gasteiger charge is -2.34. The SMILES string of the molecule is C[C@@H]1[C@H](C)CCC[C@H]1NC(=O)c1cc2c(s1)-c1ccccc1OC2. The van der Waals surface area contributed by atoms with E-state index in [4.69, 9.17) is 4.74 Å². The van der Waals surface area contributed by atoms with E-state index in [9.17, 15) is 4.79 Å². The fraction of sp³-hybridized carbons (Fsp3) is 0.450. The Labute approximate surface area is 147 Å². The summed E-state index contributed by atoms with van der Waals surface area (Å²) in [6.45, 7) is 5.10. The topological polar surface area (TPSA) is 38.3 Å². The molecule has 3 nitrogen and oxygen atoms in total. The van der Waals surface area contributed by atoms with E-state index in [1.807, 2.05) is 24.3 Å². The normalized spacial score (nSPS) is 25.3. The molecule has 2 aromatic rings. The quantitative estimate of drug-likeness (QED) is 0.847. The fourth-order valence-electron chi connectivity index (χ4n) is 3.84. The molecule has 1 N–H and O–H groups in total. The first-order valence-corrected chi connectivity index (χ1v) is 9.61. The zero-order chi connectivity index (χ0) is 16.7. The summed E-state index contributed by atoms with van der Waals surface area (Å²) in [5, 5.41) is 3.28. The molecule has 1 saturated carbocycles. The van der Waals surface area contributed by atoms with Crippen LogP contribution >= 0.6 is 11.3 Å². The van der Waals surface area contributed by atoms with Crippen LogP contribution in [0.2, 0.25) is 0 Å². The van der Waals surface area contributed by atoms with Gasteiger partial charge >= 0.3 is 0 Å². The Hall–Kier alpha value is -1.81. The lowest BCUT2D eigenvalue weighted by atomic mass is 9.78. The fourth-order valence-corrected chi connectivity index (χ4v) is 4.94. The zero-order valence-electron chi connectivity index (χ0n) is 14.2. The highest BCUT2D eigenvalue weighted by molar-refractivity contribution is 7.17. The number of rotatable bonds is 2. The molecule has 4 heteroatoms. The second-order valence-corrected chi connectivity index (χ2v) is 8.15. The van der Waals surface area contributed by atoms with E-state index in [0.717, 1.165) is 28.2 Å². The summed E-state index contributed by atoms with van der Waals surface area (Å²) in [5.41, 5.74) is 2.22. The van der Waals surface area contributed by atoms with Gasteiger partial charge in [0, 0.05) is 22.0 Å². The van der Waals surface area contributed by atoms with Gasteiger partial charge in [0.05, 0.1) is 4.88 Å². The van der Waals surface area contributed by atoms with Crippen molar-refractivity contribution in [1.29, 1.82) is 0 Å². The van der Waals surface area contributed by atoms with Crippen LogP contribution in [0.25, 0.3) is 10.4 Å². The Morgan fingerprint density at radius 2 is 2.08 bits per heavy atom. The Bertz CT molecular complexity index is 767.